The first-order chi connectivity index (χ1) is 11.3. The molecule has 2 N–H and O–H groups in total. The maximum absolute atomic E-state index is 12.7. The molecule has 1 amide bonds. The summed E-state index contributed by atoms with van der Waals surface area (Å²) in [6.07, 6.45) is 6.37. The van der Waals surface area contributed by atoms with E-state index in [2.05, 4.69) is 31.0 Å². The Morgan fingerprint density at radius 3 is 2.84 bits per heavy atom. The number of aromatic nitrogens is 2. The summed E-state index contributed by atoms with van der Waals surface area (Å²) in [4.78, 5) is 16.8. The second-order valence-corrected chi connectivity index (χ2v) is 7.95. The van der Waals surface area contributed by atoms with E-state index in [4.69, 9.17) is 0 Å². The fraction of sp³-hybridized carbons (Fsp3) is 0.250. The molecule has 3 heterocycles. The van der Waals surface area contributed by atoms with E-state index in [1.165, 1.54) is 10.8 Å². The van der Waals surface area contributed by atoms with Crippen LogP contribution in [0.2, 0.25) is 0 Å². The Labute approximate surface area is 155 Å². The van der Waals surface area contributed by atoms with Gasteiger partial charge in [-0.1, -0.05) is 19.6 Å². The summed E-state index contributed by atoms with van der Waals surface area (Å²) in [7, 11) is -2.04. The lowest BCUT2D eigenvalue weighted by atomic mass is 10.2. The van der Waals surface area contributed by atoms with Gasteiger partial charge in [0.2, 0.25) is 10.0 Å². The number of anilines is 1. The van der Waals surface area contributed by atoms with Crippen molar-refractivity contribution >= 4 is 43.6 Å². The van der Waals surface area contributed by atoms with Crippen molar-refractivity contribution in [1.82, 2.24) is 14.3 Å². The van der Waals surface area contributed by atoms with E-state index >= 15 is 0 Å². The number of rotatable bonds is 2. The van der Waals surface area contributed by atoms with Crippen molar-refractivity contribution in [3.8, 4) is 0 Å². The van der Waals surface area contributed by atoms with Gasteiger partial charge in [-0.05, 0) is 35.0 Å². The highest BCUT2D eigenvalue weighted by Gasteiger charge is 2.29. The Kier molecular flexibility index (Phi) is 5.50. The number of aryl methyl sites for hydroxylation is 1. The fourth-order valence-corrected chi connectivity index (χ4v) is 4.34. The number of carbonyl (C=O) groups excluding carboxylic acids is 1. The van der Waals surface area contributed by atoms with Crippen LogP contribution < -0.4 is 10.0 Å². The fourth-order valence-electron chi connectivity index (χ4n) is 2.53. The van der Waals surface area contributed by atoms with Gasteiger partial charge in [-0.3, -0.25) is 4.79 Å². The smallest absolute Gasteiger partial charge is 0.272 e. The van der Waals surface area contributed by atoms with Gasteiger partial charge >= 0.3 is 0 Å². The average Bonchev–Trinajstić information content (AvgIpc) is 2.77. The van der Waals surface area contributed by atoms with Gasteiger partial charge in [0.1, 0.15) is 15.2 Å². The van der Waals surface area contributed by atoms with Gasteiger partial charge in [0.15, 0.2) is 0 Å². The summed E-state index contributed by atoms with van der Waals surface area (Å²) < 4.78 is 29.4. The zero-order valence-electron chi connectivity index (χ0n) is 12.9. The highest BCUT2D eigenvalue weighted by Crippen LogP contribution is 2.27. The lowest BCUT2D eigenvalue weighted by molar-refractivity contribution is 0.101. The minimum absolute atomic E-state index is 0. The van der Waals surface area contributed by atoms with E-state index in [1.807, 2.05) is 0 Å². The van der Waals surface area contributed by atoms with Crippen molar-refractivity contribution in [3.05, 3.63) is 46.5 Å². The first-order valence-electron chi connectivity index (χ1n) is 7.10. The molecule has 25 heavy (non-hydrogen) atoms. The quantitative estimate of drug-likeness (QED) is 0.721. The topological polar surface area (TPSA) is 93.1 Å². The molecule has 2 aromatic heterocycles. The molecule has 1 aliphatic rings. The normalized spacial score (nSPS) is 18.0. The predicted octanol–water partition coefficient (Wildman–Crippen LogP) is 2.76. The lowest BCUT2D eigenvalue weighted by Crippen LogP contribution is -2.30. The molecule has 0 unspecified atom stereocenters. The van der Waals surface area contributed by atoms with Crippen LogP contribution in [0.25, 0.3) is 6.08 Å². The van der Waals surface area contributed by atoms with E-state index in [0.717, 1.165) is 0 Å². The molecule has 7 nitrogen and oxygen atoms in total. The van der Waals surface area contributed by atoms with Crippen LogP contribution >= 0.6 is 15.9 Å². The zero-order valence-corrected chi connectivity index (χ0v) is 15.3. The summed E-state index contributed by atoms with van der Waals surface area (Å²) in [6, 6.07) is 2.97. The maximum atomic E-state index is 12.7. The second kappa shape index (κ2) is 7.11. The molecule has 0 spiro atoms. The van der Waals surface area contributed by atoms with Crippen LogP contribution in [0.1, 0.15) is 30.4 Å². The van der Waals surface area contributed by atoms with Crippen LogP contribution in [0.5, 0.6) is 0 Å². The maximum Gasteiger partial charge on any atom is 0.272 e. The van der Waals surface area contributed by atoms with Crippen molar-refractivity contribution in [2.24, 2.45) is 7.05 Å². The third-order valence-electron chi connectivity index (χ3n) is 3.57. The van der Waals surface area contributed by atoms with Gasteiger partial charge in [-0.15, -0.1) is 0 Å². The van der Waals surface area contributed by atoms with Crippen LogP contribution in [0.3, 0.4) is 0 Å². The molecule has 134 valence electrons. The van der Waals surface area contributed by atoms with Crippen molar-refractivity contribution < 1.29 is 13.2 Å². The van der Waals surface area contributed by atoms with Gasteiger partial charge in [-0.25, -0.2) is 18.1 Å². The van der Waals surface area contributed by atoms with Crippen LogP contribution in [-0.2, 0) is 17.1 Å². The van der Waals surface area contributed by atoms with E-state index < -0.39 is 15.9 Å². The molecule has 9 heteroatoms. The van der Waals surface area contributed by atoms with Crippen molar-refractivity contribution in [2.75, 3.05) is 5.32 Å². The molecule has 2 aromatic rings. The molecule has 1 atom stereocenters. The third-order valence-corrected chi connectivity index (χ3v) is 5.59. The Bertz CT molecular complexity index is 950. The molecule has 0 saturated heterocycles. The van der Waals surface area contributed by atoms with Gasteiger partial charge in [0.25, 0.3) is 5.91 Å². The summed E-state index contributed by atoms with van der Waals surface area (Å²) in [5.74, 6) is -0.397. The predicted molar refractivity (Wildman–Crippen MR) is 101 cm³/mol. The Balaban J connectivity index is 0.00000225. The number of nitrogens with one attached hydrogen (secondary N) is 2. The Morgan fingerprint density at radius 2 is 2.16 bits per heavy atom. The number of fused-ring (bicyclic) bond motifs is 1. The average molecular weight is 427 g/mol. The summed E-state index contributed by atoms with van der Waals surface area (Å²) in [5.41, 5.74) is 1.21. The van der Waals surface area contributed by atoms with E-state index in [9.17, 15) is 13.2 Å². The van der Waals surface area contributed by atoms with Gasteiger partial charge in [0, 0.05) is 36.7 Å². The van der Waals surface area contributed by atoms with Gasteiger partial charge < -0.3 is 9.88 Å². The number of amides is 1. The minimum Gasteiger partial charge on any atom is -0.345 e. The SMILES string of the molecule is C.C[C@H]1C=Cc2c(cn(C)c2C(=O)Nc2ccnc(Br)c2)S(=O)(=O)N1. The van der Waals surface area contributed by atoms with Crippen molar-refractivity contribution in [2.45, 2.75) is 25.3 Å². The number of nitrogens with zero attached hydrogens (tertiary/aromatic N) is 2. The van der Waals surface area contributed by atoms with E-state index in [-0.39, 0.29) is 24.1 Å². The Hall–Kier alpha value is -1.97. The standard InChI is InChI=1S/C15H15BrN4O3S.CH4/c1-9-3-4-11-12(24(22,23)19-9)8-20(2)14(11)15(21)18-10-5-6-17-13(16)7-10;/h3-9,19H,1-2H3,(H,17,18,21);1H4/t9-;/m0./s1. The molecule has 0 aromatic carbocycles. The molecule has 1 aliphatic heterocycles. The van der Waals surface area contributed by atoms with Crippen LogP contribution in [-0.4, -0.2) is 29.9 Å². The molecule has 0 bridgehead atoms. The van der Waals surface area contributed by atoms with Crippen LogP contribution in [0.4, 0.5) is 5.69 Å². The molecule has 0 fully saturated rings. The van der Waals surface area contributed by atoms with Gasteiger partial charge in [-0.2, -0.15) is 0 Å². The molecule has 0 aliphatic carbocycles. The number of hydrogen-bond donors (Lipinski definition) is 2. The van der Waals surface area contributed by atoms with E-state index in [1.54, 1.807) is 44.5 Å². The zero-order chi connectivity index (χ0) is 17.5. The number of hydrogen-bond acceptors (Lipinski definition) is 4. The molecular formula is C16H19BrN4O3S. The first kappa shape index (κ1) is 19.4. The first-order valence-corrected chi connectivity index (χ1v) is 9.38. The molecule has 3 rings (SSSR count). The van der Waals surface area contributed by atoms with Gasteiger partial charge in [0.05, 0.1) is 0 Å². The summed E-state index contributed by atoms with van der Waals surface area (Å²) in [6.45, 7) is 1.73. The summed E-state index contributed by atoms with van der Waals surface area (Å²) in [5, 5.41) is 2.76. The highest BCUT2D eigenvalue weighted by atomic mass is 79.9. The highest BCUT2D eigenvalue weighted by molar-refractivity contribution is 9.10. The molecule has 0 saturated carbocycles. The number of carbonyl (C=O) groups is 1. The monoisotopic (exact) mass is 426 g/mol. The van der Waals surface area contributed by atoms with Crippen molar-refractivity contribution in [3.63, 3.8) is 0 Å². The van der Waals surface area contributed by atoms with Crippen LogP contribution in [0.15, 0.2) is 40.1 Å². The largest absolute Gasteiger partial charge is 0.345 e. The van der Waals surface area contributed by atoms with Crippen molar-refractivity contribution in [1.29, 1.82) is 0 Å². The molecular weight excluding hydrogens is 408 g/mol. The number of sulfonamides is 1. The van der Waals surface area contributed by atoms with Crippen LogP contribution in [0, 0.1) is 0 Å². The lowest BCUT2D eigenvalue weighted by Gasteiger charge is -2.07. The Morgan fingerprint density at radius 1 is 1.44 bits per heavy atom. The summed E-state index contributed by atoms with van der Waals surface area (Å²) >= 11 is 3.24. The van der Waals surface area contributed by atoms with E-state index in [0.29, 0.717) is 15.9 Å². The second-order valence-electron chi connectivity index (χ2n) is 5.46. The minimum atomic E-state index is -3.67. The third kappa shape index (κ3) is 3.83. The number of halogens is 1. The molecule has 0 radical (unpaired) electrons. The number of pyridine rings is 1.